The molecular weight excluding hydrogens is 258 g/mol. The molecule has 1 N–H and O–H groups in total. The molecule has 0 amide bonds. The van der Waals surface area contributed by atoms with Crippen molar-refractivity contribution in [1.82, 2.24) is 14.7 Å². The van der Waals surface area contributed by atoms with Gasteiger partial charge in [0.2, 0.25) is 0 Å². The standard InChI is InChI=1S/C14H23N3O3/c1-20-9-8-16(11-14(18)19)10-12-6-7-17(15-12)13-4-2-3-5-13/h6-7,13H,2-5,8-11H2,1H3,(H,18,19). The van der Waals surface area contributed by atoms with Gasteiger partial charge in [-0.15, -0.1) is 0 Å². The lowest BCUT2D eigenvalue weighted by atomic mass is 10.3. The van der Waals surface area contributed by atoms with Gasteiger partial charge < -0.3 is 9.84 Å². The molecule has 2 rings (SSSR count). The third-order valence-corrected chi connectivity index (χ3v) is 3.72. The SMILES string of the molecule is COCCN(CC(=O)O)Cc1ccn(C2CCCC2)n1. The summed E-state index contributed by atoms with van der Waals surface area (Å²) in [6, 6.07) is 2.51. The first-order valence-electron chi connectivity index (χ1n) is 7.16. The number of carboxylic acids is 1. The second-order valence-electron chi connectivity index (χ2n) is 5.32. The Hall–Kier alpha value is -1.40. The van der Waals surface area contributed by atoms with Gasteiger partial charge in [0.25, 0.3) is 0 Å². The van der Waals surface area contributed by atoms with Crippen molar-refractivity contribution in [3.63, 3.8) is 0 Å². The van der Waals surface area contributed by atoms with E-state index in [2.05, 4.69) is 5.10 Å². The highest BCUT2D eigenvalue weighted by Gasteiger charge is 2.18. The Morgan fingerprint density at radius 1 is 1.55 bits per heavy atom. The molecule has 1 heterocycles. The van der Waals surface area contributed by atoms with Gasteiger partial charge in [0.1, 0.15) is 0 Å². The summed E-state index contributed by atoms with van der Waals surface area (Å²) in [7, 11) is 1.62. The smallest absolute Gasteiger partial charge is 0.317 e. The lowest BCUT2D eigenvalue weighted by Gasteiger charge is -2.18. The summed E-state index contributed by atoms with van der Waals surface area (Å²) in [4.78, 5) is 12.7. The van der Waals surface area contributed by atoms with E-state index in [9.17, 15) is 4.79 Å². The summed E-state index contributed by atoms with van der Waals surface area (Å²) in [6.07, 6.45) is 6.96. The number of aliphatic carboxylic acids is 1. The van der Waals surface area contributed by atoms with Crippen LogP contribution in [0.3, 0.4) is 0 Å². The molecule has 6 nitrogen and oxygen atoms in total. The van der Waals surface area contributed by atoms with E-state index in [1.807, 2.05) is 21.8 Å². The van der Waals surface area contributed by atoms with Crippen molar-refractivity contribution in [2.24, 2.45) is 0 Å². The summed E-state index contributed by atoms with van der Waals surface area (Å²) in [6.45, 7) is 1.69. The molecular formula is C14H23N3O3. The van der Waals surface area contributed by atoms with Crippen molar-refractivity contribution in [1.29, 1.82) is 0 Å². The van der Waals surface area contributed by atoms with E-state index in [0.29, 0.717) is 25.7 Å². The Morgan fingerprint density at radius 2 is 2.30 bits per heavy atom. The van der Waals surface area contributed by atoms with Crippen molar-refractivity contribution >= 4 is 5.97 Å². The van der Waals surface area contributed by atoms with Gasteiger partial charge >= 0.3 is 5.97 Å². The van der Waals surface area contributed by atoms with Crippen LogP contribution in [0.1, 0.15) is 37.4 Å². The van der Waals surface area contributed by atoms with Gasteiger partial charge in [-0.2, -0.15) is 5.10 Å². The Kier molecular flexibility index (Phi) is 5.55. The van der Waals surface area contributed by atoms with Crippen LogP contribution < -0.4 is 0 Å². The summed E-state index contributed by atoms with van der Waals surface area (Å²) < 4.78 is 7.06. The maximum absolute atomic E-state index is 10.9. The monoisotopic (exact) mass is 281 g/mol. The zero-order chi connectivity index (χ0) is 14.4. The minimum Gasteiger partial charge on any atom is -0.480 e. The topological polar surface area (TPSA) is 67.6 Å². The van der Waals surface area contributed by atoms with Crippen LogP contribution in [0.4, 0.5) is 0 Å². The highest BCUT2D eigenvalue weighted by molar-refractivity contribution is 5.69. The number of ether oxygens (including phenoxy) is 1. The van der Waals surface area contributed by atoms with Crippen LogP contribution in [0.2, 0.25) is 0 Å². The maximum Gasteiger partial charge on any atom is 0.317 e. The van der Waals surface area contributed by atoms with Crippen LogP contribution in [0, 0.1) is 0 Å². The number of hydrogen-bond acceptors (Lipinski definition) is 4. The first kappa shape index (κ1) is 15.0. The fourth-order valence-electron chi connectivity index (χ4n) is 2.69. The van der Waals surface area contributed by atoms with Crippen LogP contribution in [-0.2, 0) is 16.1 Å². The molecule has 6 heteroatoms. The number of hydrogen-bond donors (Lipinski definition) is 1. The second-order valence-corrected chi connectivity index (χ2v) is 5.32. The second kappa shape index (κ2) is 7.40. The predicted octanol–water partition coefficient (Wildman–Crippen LogP) is 1.53. The van der Waals surface area contributed by atoms with Crippen molar-refractivity contribution in [3.05, 3.63) is 18.0 Å². The van der Waals surface area contributed by atoms with E-state index in [-0.39, 0.29) is 6.54 Å². The number of rotatable bonds is 8. The Balaban J connectivity index is 1.93. The molecule has 112 valence electrons. The van der Waals surface area contributed by atoms with Gasteiger partial charge in [-0.1, -0.05) is 12.8 Å². The van der Waals surface area contributed by atoms with Crippen LogP contribution >= 0.6 is 0 Å². The van der Waals surface area contributed by atoms with Gasteiger partial charge in [-0.25, -0.2) is 0 Å². The summed E-state index contributed by atoms with van der Waals surface area (Å²) >= 11 is 0. The molecule has 1 aromatic rings. The number of carbonyl (C=O) groups is 1. The molecule has 20 heavy (non-hydrogen) atoms. The highest BCUT2D eigenvalue weighted by Crippen LogP contribution is 2.28. The minimum atomic E-state index is -0.823. The molecule has 1 aliphatic rings. The van der Waals surface area contributed by atoms with Gasteiger partial charge in [0.05, 0.1) is 24.9 Å². The molecule has 0 aliphatic heterocycles. The van der Waals surface area contributed by atoms with Crippen LogP contribution in [-0.4, -0.2) is 52.6 Å². The molecule has 0 aromatic carbocycles. The van der Waals surface area contributed by atoms with Gasteiger partial charge in [0.15, 0.2) is 0 Å². The summed E-state index contributed by atoms with van der Waals surface area (Å²) in [5.74, 6) is -0.823. The largest absolute Gasteiger partial charge is 0.480 e. The predicted molar refractivity (Wildman–Crippen MR) is 74.5 cm³/mol. The van der Waals surface area contributed by atoms with E-state index >= 15 is 0 Å². The average molecular weight is 281 g/mol. The molecule has 0 atom stereocenters. The molecule has 0 saturated heterocycles. The van der Waals surface area contributed by atoms with E-state index in [1.54, 1.807) is 7.11 Å². The summed E-state index contributed by atoms with van der Waals surface area (Å²) in [5, 5.41) is 13.5. The molecule has 0 bridgehead atoms. The molecule has 1 saturated carbocycles. The van der Waals surface area contributed by atoms with E-state index in [1.165, 1.54) is 25.7 Å². The van der Waals surface area contributed by atoms with Crippen LogP contribution in [0.5, 0.6) is 0 Å². The average Bonchev–Trinajstić information content (AvgIpc) is 3.05. The van der Waals surface area contributed by atoms with Crippen LogP contribution in [0.25, 0.3) is 0 Å². The van der Waals surface area contributed by atoms with Crippen LogP contribution in [0.15, 0.2) is 12.3 Å². The lowest BCUT2D eigenvalue weighted by molar-refractivity contribution is -0.138. The quantitative estimate of drug-likeness (QED) is 0.782. The van der Waals surface area contributed by atoms with Gasteiger partial charge in [-0.05, 0) is 18.9 Å². The molecule has 0 unspecified atom stereocenters. The number of nitrogens with zero attached hydrogens (tertiary/aromatic N) is 3. The Morgan fingerprint density at radius 3 is 2.95 bits per heavy atom. The lowest BCUT2D eigenvalue weighted by Crippen LogP contribution is -2.32. The first-order valence-corrected chi connectivity index (χ1v) is 7.16. The Labute approximate surface area is 119 Å². The Bertz CT molecular complexity index is 427. The fraction of sp³-hybridized carbons (Fsp3) is 0.714. The van der Waals surface area contributed by atoms with Gasteiger partial charge in [-0.3, -0.25) is 14.4 Å². The number of methoxy groups -OCH3 is 1. The number of aromatic nitrogens is 2. The van der Waals surface area contributed by atoms with Crippen molar-refractivity contribution in [2.45, 2.75) is 38.3 Å². The van der Waals surface area contributed by atoms with Gasteiger partial charge in [0, 0.05) is 26.4 Å². The molecule has 0 radical (unpaired) electrons. The summed E-state index contributed by atoms with van der Waals surface area (Å²) in [5.41, 5.74) is 0.925. The normalized spacial score (nSPS) is 16.1. The van der Waals surface area contributed by atoms with Crippen molar-refractivity contribution < 1.29 is 14.6 Å². The highest BCUT2D eigenvalue weighted by atomic mass is 16.5. The third kappa shape index (κ3) is 4.31. The van der Waals surface area contributed by atoms with Crippen molar-refractivity contribution in [2.75, 3.05) is 26.8 Å². The molecule has 1 fully saturated rings. The number of carboxylic acid groups (broad SMARTS) is 1. The molecule has 1 aromatic heterocycles. The third-order valence-electron chi connectivity index (χ3n) is 3.72. The minimum absolute atomic E-state index is 0.0135. The van der Waals surface area contributed by atoms with E-state index < -0.39 is 5.97 Å². The molecule has 0 spiro atoms. The zero-order valence-electron chi connectivity index (χ0n) is 12.0. The first-order chi connectivity index (χ1) is 9.69. The van der Waals surface area contributed by atoms with Crippen molar-refractivity contribution in [3.8, 4) is 0 Å². The fourth-order valence-corrected chi connectivity index (χ4v) is 2.69. The zero-order valence-corrected chi connectivity index (χ0v) is 12.0. The molecule has 1 aliphatic carbocycles. The maximum atomic E-state index is 10.9. The van der Waals surface area contributed by atoms with E-state index in [4.69, 9.17) is 9.84 Å². The van der Waals surface area contributed by atoms with E-state index in [0.717, 1.165) is 5.69 Å².